The molecule has 28 heavy (non-hydrogen) atoms. The zero-order valence-corrected chi connectivity index (χ0v) is 17.6. The Kier molecular flexibility index (Phi) is 5.11. The van der Waals surface area contributed by atoms with Gasteiger partial charge in [0.15, 0.2) is 6.29 Å². The van der Waals surface area contributed by atoms with Gasteiger partial charge in [-0.2, -0.15) is 8.42 Å². The first-order valence-electron chi connectivity index (χ1n) is 10.1. The number of rotatable bonds is 4. The van der Waals surface area contributed by atoms with Crippen LogP contribution in [0.2, 0.25) is 0 Å². The molecule has 7 heteroatoms. The zero-order valence-electron chi connectivity index (χ0n) is 16.8. The minimum Gasteiger partial charge on any atom is -0.389 e. The van der Waals surface area contributed by atoms with Crippen molar-refractivity contribution in [2.24, 2.45) is 17.3 Å². The summed E-state index contributed by atoms with van der Waals surface area (Å²) >= 11 is 0. The molecular weight excluding hydrogens is 380 g/mol. The molecule has 2 saturated carbocycles. The van der Waals surface area contributed by atoms with Crippen LogP contribution in [-0.2, 0) is 23.8 Å². The molecule has 156 valence electrons. The summed E-state index contributed by atoms with van der Waals surface area (Å²) in [5.74, 6) is 0.303. The second-order valence-electron chi connectivity index (χ2n) is 8.87. The van der Waals surface area contributed by atoms with Gasteiger partial charge in [-0.1, -0.05) is 24.6 Å². The van der Waals surface area contributed by atoms with E-state index in [1.54, 1.807) is 31.4 Å². The molecule has 1 N–H and O–H groups in total. The van der Waals surface area contributed by atoms with Crippen LogP contribution in [0, 0.1) is 24.2 Å². The summed E-state index contributed by atoms with van der Waals surface area (Å²) in [5.41, 5.74) is -0.608. The van der Waals surface area contributed by atoms with Crippen molar-refractivity contribution in [2.45, 2.75) is 68.8 Å². The number of hydrogen-bond donors (Lipinski definition) is 1. The number of ether oxygens (including phenoxy) is 2. The lowest BCUT2D eigenvalue weighted by Crippen LogP contribution is -2.61. The first kappa shape index (κ1) is 20.3. The van der Waals surface area contributed by atoms with Crippen molar-refractivity contribution in [1.29, 1.82) is 0 Å². The number of methoxy groups -OCH3 is 1. The van der Waals surface area contributed by atoms with E-state index in [-0.39, 0.29) is 17.1 Å². The number of aryl methyl sites for hydroxylation is 1. The molecule has 6 atom stereocenters. The fourth-order valence-corrected chi connectivity index (χ4v) is 6.81. The molecule has 1 saturated heterocycles. The predicted molar refractivity (Wildman–Crippen MR) is 103 cm³/mol. The first-order valence-corrected chi connectivity index (χ1v) is 11.5. The van der Waals surface area contributed by atoms with Gasteiger partial charge in [-0.25, -0.2) is 0 Å². The molecule has 0 spiro atoms. The number of hydrogen-bond acceptors (Lipinski definition) is 6. The molecule has 0 bridgehead atoms. The normalized spacial score (nSPS) is 40.7. The standard InChI is InChI=1S/C21H30O6S/c1-14-4-6-16(7-5-14)28(23,24)27-18-9-11-21(22)17-13-26-19(25-3)12-15(17)8-10-20(18,21)2/h4-7,15,17-19,22H,8-13H2,1-3H3/t15-,17-,18-,19+,20+,21-/m1/s1. The highest BCUT2D eigenvalue weighted by Crippen LogP contribution is 2.61. The molecule has 0 aromatic heterocycles. The first-order chi connectivity index (χ1) is 13.2. The quantitative estimate of drug-likeness (QED) is 0.769. The minimum atomic E-state index is -3.88. The third-order valence-corrected chi connectivity index (χ3v) is 8.81. The fraction of sp³-hybridized carbons (Fsp3) is 0.714. The number of aliphatic hydroxyl groups is 1. The molecule has 2 aliphatic carbocycles. The summed E-state index contributed by atoms with van der Waals surface area (Å²) in [6.45, 7) is 4.33. The number of benzene rings is 1. The van der Waals surface area contributed by atoms with Crippen molar-refractivity contribution < 1.29 is 27.2 Å². The Morgan fingerprint density at radius 2 is 1.89 bits per heavy atom. The number of fused-ring (bicyclic) bond motifs is 3. The lowest BCUT2D eigenvalue weighted by Gasteiger charge is -2.55. The van der Waals surface area contributed by atoms with Gasteiger partial charge in [0.2, 0.25) is 0 Å². The van der Waals surface area contributed by atoms with Crippen LogP contribution in [-0.4, -0.2) is 45.2 Å². The summed E-state index contributed by atoms with van der Waals surface area (Å²) in [7, 11) is -2.24. The molecule has 1 aliphatic heterocycles. The maximum Gasteiger partial charge on any atom is 0.297 e. The molecule has 0 unspecified atom stereocenters. The lowest BCUT2D eigenvalue weighted by molar-refractivity contribution is -0.246. The minimum absolute atomic E-state index is 0.0201. The van der Waals surface area contributed by atoms with E-state index in [2.05, 4.69) is 0 Å². The second kappa shape index (κ2) is 7.06. The topological polar surface area (TPSA) is 82.1 Å². The summed E-state index contributed by atoms with van der Waals surface area (Å²) in [6.07, 6.45) is 2.71. The van der Waals surface area contributed by atoms with Gasteiger partial charge in [-0.05, 0) is 50.7 Å². The Balaban J connectivity index is 1.56. The molecule has 1 heterocycles. The third kappa shape index (κ3) is 3.12. The molecular formula is C21H30O6S. The molecule has 0 amide bonds. The van der Waals surface area contributed by atoms with Crippen LogP contribution in [0.4, 0.5) is 0 Å². The van der Waals surface area contributed by atoms with Gasteiger partial charge in [0.1, 0.15) is 0 Å². The van der Waals surface area contributed by atoms with Crippen LogP contribution in [0.15, 0.2) is 29.2 Å². The van der Waals surface area contributed by atoms with Gasteiger partial charge >= 0.3 is 0 Å². The van der Waals surface area contributed by atoms with E-state index >= 15 is 0 Å². The average Bonchev–Trinajstić information content (AvgIpc) is 2.93. The van der Waals surface area contributed by atoms with Crippen molar-refractivity contribution >= 4 is 10.1 Å². The Morgan fingerprint density at radius 3 is 2.57 bits per heavy atom. The van der Waals surface area contributed by atoms with Crippen molar-refractivity contribution in [3.8, 4) is 0 Å². The zero-order chi connectivity index (χ0) is 20.2. The predicted octanol–water partition coefficient (Wildman–Crippen LogP) is 3.02. The van der Waals surface area contributed by atoms with E-state index in [1.165, 1.54) is 0 Å². The summed E-state index contributed by atoms with van der Waals surface area (Å²) < 4.78 is 42.5. The summed E-state index contributed by atoms with van der Waals surface area (Å²) in [4.78, 5) is 0.162. The van der Waals surface area contributed by atoms with Gasteiger partial charge < -0.3 is 14.6 Å². The van der Waals surface area contributed by atoms with Crippen LogP contribution < -0.4 is 0 Å². The Labute approximate surface area is 167 Å². The van der Waals surface area contributed by atoms with Crippen molar-refractivity contribution in [3.63, 3.8) is 0 Å². The average molecular weight is 411 g/mol. The van der Waals surface area contributed by atoms with Crippen molar-refractivity contribution in [3.05, 3.63) is 29.8 Å². The highest BCUT2D eigenvalue weighted by atomic mass is 32.2. The molecule has 3 fully saturated rings. The largest absolute Gasteiger partial charge is 0.389 e. The van der Waals surface area contributed by atoms with Crippen LogP contribution in [0.1, 0.15) is 44.6 Å². The van der Waals surface area contributed by atoms with E-state index in [0.29, 0.717) is 25.4 Å². The van der Waals surface area contributed by atoms with Crippen LogP contribution in [0.3, 0.4) is 0 Å². The van der Waals surface area contributed by atoms with Gasteiger partial charge in [0.25, 0.3) is 10.1 Å². The van der Waals surface area contributed by atoms with E-state index in [4.69, 9.17) is 13.7 Å². The van der Waals surface area contributed by atoms with Gasteiger partial charge in [0.05, 0.1) is 23.2 Å². The van der Waals surface area contributed by atoms with Crippen LogP contribution >= 0.6 is 0 Å². The highest BCUT2D eigenvalue weighted by Gasteiger charge is 2.65. The maximum absolute atomic E-state index is 12.8. The van der Waals surface area contributed by atoms with Crippen LogP contribution in [0.25, 0.3) is 0 Å². The fourth-order valence-electron chi connectivity index (χ4n) is 5.61. The molecule has 1 aromatic rings. The van der Waals surface area contributed by atoms with E-state index in [1.807, 2.05) is 13.8 Å². The van der Waals surface area contributed by atoms with Gasteiger partial charge in [-0.3, -0.25) is 4.18 Å². The molecule has 0 radical (unpaired) electrons. The summed E-state index contributed by atoms with van der Waals surface area (Å²) in [5, 5.41) is 11.7. The van der Waals surface area contributed by atoms with E-state index in [9.17, 15) is 13.5 Å². The van der Waals surface area contributed by atoms with Crippen molar-refractivity contribution in [2.75, 3.05) is 13.7 Å². The lowest BCUT2D eigenvalue weighted by atomic mass is 9.56. The van der Waals surface area contributed by atoms with E-state index < -0.39 is 27.2 Å². The SMILES string of the molecule is CO[C@@H]1C[C@H]2CC[C@@]3(C)[C@H](OS(=O)(=O)c4ccc(C)cc4)CC[C@@]3(O)[C@@H]2CO1. The van der Waals surface area contributed by atoms with E-state index in [0.717, 1.165) is 24.8 Å². The monoisotopic (exact) mass is 410 g/mol. The molecule has 4 rings (SSSR count). The third-order valence-electron chi connectivity index (χ3n) is 7.48. The molecule has 3 aliphatic rings. The van der Waals surface area contributed by atoms with Gasteiger partial charge in [-0.15, -0.1) is 0 Å². The maximum atomic E-state index is 12.8. The van der Waals surface area contributed by atoms with Crippen molar-refractivity contribution in [1.82, 2.24) is 0 Å². The Hall–Kier alpha value is -0.990. The molecule has 6 nitrogen and oxygen atoms in total. The Morgan fingerprint density at radius 1 is 1.18 bits per heavy atom. The Bertz CT molecular complexity index is 822. The van der Waals surface area contributed by atoms with Crippen LogP contribution in [0.5, 0.6) is 0 Å². The smallest absolute Gasteiger partial charge is 0.297 e. The second-order valence-corrected chi connectivity index (χ2v) is 10.4. The molecule has 1 aromatic carbocycles. The highest BCUT2D eigenvalue weighted by molar-refractivity contribution is 7.86. The summed E-state index contributed by atoms with van der Waals surface area (Å²) in [6, 6.07) is 6.68. The van der Waals surface area contributed by atoms with Gasteiger partial charge in [0, 0.05) is 24.9 Å².